The third kappa shape index (κ3) is 3.21. The lowest BCUT2D eigenvalue weighted by Gasteiger charge is -2.38. The molecule has 0 unspecified atom stereocenters. The topological polar surface area (TPSA) is 104 Å². The Morgan fingerprint density at radius 1 is 1.48 bits per heavy atom. The van der Waals surface area contributed by atoms with E-state index in [1.807, 2.05) is 4.90 Å². The minimum absolute atomic E-state index is 0.0427. The smallest absolute Gasteiger partial charge is 0.332 e. The van der Waals surface area contributed by atoms with Crippen molar-refractivity contribution in [2.45, 2.75) is 38.6 Å². The van der Waals surface area contributed by atoms with Gasteiger partial charge in [-0.2, -0.15) is 4.98 Å². The fraction of sp³-hybridized carbons (Fsp3) is 0.692. The molecular formula is C13H21N5O3. The highest BCUT2D eigenvalue weighted by molar-refractivity contribution is 5.63. The molecule has 0 amide bonds. The molecule has 0 atom stereocenters. The molecule has 0 saturated heterocycles. The van der Waals surface area contributed by atoms with Crippen molar-refractivity contribution in [3.63, 3.8) is 0 Å². The standard InChI is InChI=1S/C13H21N5O3/c1-9-11(18(20)21)12(16-13(14-2)15-9)17(7-4-8-19)10-5-3-6-10/h10,19H,3-8H2,1-2H3,(H,14,15,16). The van der Waals surface area contributed by atoms with E-state index in [4.69, 9.17) is 5.11 Å². The van der Waals surface area contributed by atoms with Crippen molar-refractivity contribution >= 4 is 17.5 Å². The van der Waals surface area contributed by atoms with Crippen LogP contribution in [-0.2, 0) is 0 Å². The number of aryl methyl sites for hydroxylation is 1. The van der Waals surface area contributed by atoms with Gasteiger partial charge in [-0.05, 0) is 32.6 Å². The summed E-state index contributed by atoms with van der Waals surface area (Å²) >= 11 is 0. The van der Waals surface area contributed by atoms with Crippen LogP contribution in [0.2, 0.25) is 0 Å². The Kier molecular flexibility index (Phi) is 4.89. The van der Waals surface area contributed by atoms with Crippen LogP contribution in [0.1, 0.15) is 31.4 Å². The highest BCUT2D eigenvalue weighted by Crippen LogP contribution is 2.35. The first-order valence-electron chi connectivity index (χ1n) is 7.16. The lowest BCUT2D eigenvalue weighted by molar-refractivity contribution is -0.385. The lowest BCUT2D eigenvalue weighted by atomic mass is 9.91. The van der Waals surface area contributed by atoms with Crippen molar-refractivity contribution in [2.24, 2.45) is 0 Å². The number of nitrogens with zero attached hydrogens (tertiary/aromatic N) is 4. The maximum Gasteiger partial charge on any atom is 0.332 e. The molecular weight excluding hydrogens is 274 g/mol. The van der Waals surface area contributed by atoms with Crippen LogP contribution in [0.4, 0.5) is 17.5 Å². The van der Waals surface area contributed by atoms with E-state index in [9.17, 15) is 10.1 Å². The number of nitro groups is 1. The largest absolute Gasteiger partial charge is 0.396 e. The molecule has 1 heterocycles. The normalized spacial score (nSPS) is 14.6. The van der Waals surface area contributed by atoms with Gasteiger partial charge in [0.05, 0.1) is 4.92 Å². The summed E-state index contributed by atoms with van der Waals surface area (Å²) in [5, 5.41) is 23.3. The third-order valence-corrected chi connectivity index (χ3v) is 3.79. The van der Waals surface area contributed by atoms with Crippen molar-refractivity contribution < 1.29 is 10.0 Å². The molecule has 1 aromatic heterocycles. The van der Waals surface area contributed by atoms with Crippen LogP contribution in [0.5, 0.6) is 0 Å². The summed E-state index contributed by atoms with van der Waals surface area (Å²) in [5.74, 6) is 0.733. The van der Waals surface area contributed by atoms with Gasteiger partial charge in [-0.1, -0.05) is 0 Å². The molecule has 2 rings (SSSR count). The zero-order valence-corrected chi connectivity index (χ0v) is 12.4. The number of rotatable bonds is 7. The molecule has 0 spiro atoms. The fourth-order valence-corrected chi connectivity index (χ4v) is 2.48. The third-order valence-electron chi connectivity index (χ3n) is 3.79. The molecule has 2 N–H and O–H groups in total. The Morgan fingerprint density at radius 3 is 2.67 bits per heavy atom. The summed E-state index contributed by atoms with van der Waals surface area (Å²) in [6.45, 7) is 2.23. The predicted octanol–water partition coefficient (Wildman–Crippen LogP) is 1.48. The number of anilines is 2. The second kappa shape index (κ2) is 6.66. The summed E-state index contributed by atoms with van der Waals surface area (Å²) in [6.07, 6.45) is 3.68. The SMILES string of the molecule is CNc1nc(C)c([N+](=O)[O-])c(N(CCCO)C2CCC2)n1. The van der Waals surface area contributed by atoms with Gasteiger partial charge in [0.25, 0.3) is 0 Å². The zero-order chi connectivity index (χ0) is 15.4. The molecule has 21 heavy (non-hydrogen) atoms. The van der Waals surface area contributed by atoms with Gasteiger partial charge in [-0.3, -0.25) is 10.1 Å². The number of aliphatic hydroxyl groups is 1. The van der Waals surface area contributed by atoms with E-state index in [1.54, 1.807) is 14.0 Å². The zero-order valence-electron chi connectivity index (χ0n) is 12.4. The first kappa shape index (κ1) is 15.4. The first-order chi connectivity index (χ1) is 10.1. The first-order valence-corrected chi connectivity index (χ1v) is 7.16. The van der Waals surface area contributed by atoms with Crippen LogP contribution < -0.4 is 10.2 Å². The Labute approximate surface area is 123 Å². The Hall–Kier alpha value is -1.96. The Bertz CT molecular complexity index is 519. The maximum atomic E-state index is 11.4. The van der Waals surface area contributed by atoms with Crippen molar-refractivity contribution in [2.75, 3.05) is 30.4 Å². The summed E-state index contributed by atoms with van der Waals surface area (Å²) in [6, 6.07) is 0.259. The number of hydrogen-bond acceptors (Lipinski definition) is 7. The van der Waals surface area contributed by atoms with Gasteiger partial charge in [0.15, 0.2) is 0 Å². The number of aliphatic hydroxyl groups excluding tert-OH is 1. The molecule has 0 aromatic carbocycles. The molecule has 8 heteroatoms. The van der Waals surface area contributed by atoms with Crippen molar-refractivity contribution in [3.05, 3.63) is 15.8 Å². The van der Waals surface area contributed by atoms with E-state index in [1.165, 1.54) is 0 Å². The number of hydrogen-bond donors (Lipinski definition) is 2. The van der Waals surface area contributed by atoms with Crippen LogP contribution in [0.15, 0.2) is 0 Å². The Balaban J connectivity index is 2.45. The van der Waals surface area contributed by atoms with Gasteiger partial charge in [0.2, 0.25) is 11.8 Å². The van der Waals surface area contributed by atoms with Crippen molar-refractivity contribution in [1.82, 2.24) is 9.97 Å². The van der Waals surface area contributed by atoms with Crippen LogP contribution in [0.3, 0.4) is 0 Å². The molecule has 0 radical (unpaired) electrons. The van der Waals surface area contributed by atoms with Gasteiger partial charge in [0, 0.05) is 26.2 Å². The molecule has 8 nitrogen and oxygen atoms in total. The number of nitrogens with one attached hydrogen (secondary N) is 1. The quantitative estimate of drug-likeness (QED) is 0.579. The van der Waals surface area contributed by atoms with E-state index in [0.717, 1.165) is 19.3 Å². The lowest BCUT2D eigenvalue weighted by Crippen LogP contribution is -2.42. The molecule has 1 aliphatic rings. The van der Waals surface area contributed by atoms with Gasteiger partial charge in [-0.25, -0.2) is 4.98 Å². The second-order valence-electron chi connectivity index (χ2n) is 5.17. The predicted molar refractivity (Wildman–Crippen MR) is 79.7 cm³/mol. The molecule has 0 aliphatic heterocycles. The van der Waals surface area contributed by atoms with E-state index in [0.29, 0.717) is 30.4 Å². The van der Waals surface area contributed by atoms with E-state index in [-0.39, 0.29) is 18.3 Å². The second-order valence-corrected chi connectivity index (χ2v) is 5.17. The van der Waals surface area contributed by atoms with Gasteiger partial charge in [-0.15, -0.1) is 0 Å². The molecule has 0 bridgehead atoms. The summed E-state index contributed by atoms with van der Waals surface area (Å²) in [5.41, 5.74) is 0.307. The van der Waals surface area contributed by atoms with E-state index in [2.05, 4.69) is 15.3 Å². The van der Waals surface area contributed by atoms with Crippen LogP contribution >= 0.6 is 0 Å². The van der Waals surface area contributed by atoms with Gasteiger partial charge in [0.1, 0.15) is 5.69 Å². The molecule has 1 saturated carbocycles. The van der Waals surface area contributed by atoms with Crippen molar-refractivity contribution in [3.8, 4) is 0 Å². The minimum atomic E-state index is -0.422. The monoisotopic (exact) mass is 295 g/mol. The minimum Gasteiger partial charge on any atom is -0.396 e. The van der Waals surface area contributed by atoms with Crippen LogP contribution in [-0.4, -0.2) is 46.2 Å². The van der Waals surface area contributed by atoms with Crippen molar-refractivity contribution in [1.29, 1.82) is 0 Å². The number of aromatic nitrogens is 2. The average Bonchev–Trinajstić information content (AvgIpc) is 2.39. The van der Waals surface area contributed by atoms with Gasteiger partial charge < -0.3 is 15.3 Å². The molecule has 116 valence electrons. The fourth-order valence-electron chi connectivity index (χ4n) is 2.48. The van der Waals surface area contributed by atoms with E-state index >= 15 is 0 Å². The molecule has 1 aliphatic carbocycles. The highest BCUT2D eigenvalue weighted by atomic mass is 16.6. The van der Waals surface area contributed by atoms with Gasteiger partial charge >= 0.3 is 5.69 Å². The molecule has 1 aromatic rings. The highest BCUT2D eigenvalue weighted by Gasteiger charge is 2.32. The van der Waals surface area contributed by atoms with Crippen LogP contribution in [0.25, 0.3) is 0 Å². The summed E-state index contributed by atoms with van der Waals surface area (Å²) in [4.78, 5) is 21.3. The van der Waals surface area contributed by atoms with Crippen LogP contribution in [0, 0.1) is 17.0 Å². The summed E-state index contributed by atoms with van der Waals surface area (Å²) < 4.78 is 0. The molecule has 1 fully saturated rings. The summed E-state index contributed by atoms with van der Waals surface area (Å²) in [7, 11) is 1.69. The maximum absolute atomic E-state index is 11.4. The van der Waals surface area contributed by atoms with E-state index < -0.39 is 4.92 Å². The average molecular weight is 295 g/mol. The Morgan fingerprint density at radius 2 is 2.19 bits per heavy atom.